The predicted molar refractivity (Wildman–Crippen MR) is 131 cm³/mol. The number of halogens is 2. The molecular weight excluding hydrogens is 452 g/mol. The number of rotatable bonds is 8. The van der Waals surface area contributed by atoms with Gasteiger partial charge in [0.05, 0.1) is 12.2 Å². The number of carbonyl (C=O) groups is 2. The van der Waals surface area contributed by atoms with Crippen LogP contribution in [0.5, 0.6) is 0 Å². The zero-order valence-corrected chi connectivity index (χ0v) is 19.3. The highest BCUT2D eigenvalue weighted by atomic mass is 19.1. The number of aromatic nitrogens is 1. The van der Waals surface area contributed by atoms with Gasteiger partial charge >= 0.3 is 0 Å². The zero-order valence-electron chi connectivity index (χ0n) is 19.3. The number of hydrogen-bond acceptors (Lipinski definition) is 5. The molecule has 1 aromatic heterocycles. The molecule has 0 unspecified atom stereocenters. The van der Waals surface area contributed by atoms with E-state index in [1.807, 2.05) is 6.07 Å². The van der Waals surface area contributed by atoms with E-state index >= 15 is 0 Å². The molecule has 9 heteroatoms. The van der Waals surface area contributed by atoms with Gasteiger partial charge in [-0.2, -0.15) is 0 Å². The first kappa shape index (κ1) is 25.2. The van der Waals surface area contributed by atoms with Crippen LogP contribution in [0.25, 0.3) is 17.0 Å². The molecule has 3 aromatic rings. The molecule has 0 bridgehead atoms. The number of nitrogens with two attached hydrogens (primary N) is 1. The molecule has 0 saturated carbocycles. The Balaban J connectivity index is 1.87. The van der Waals surface area contributed by atoms with E-state index in [4.69, 9.17) is 5.73 Å². The van der Waals surface area contributed by atoms with E-state index in [1.54, 1.807) is 37.4 Å². The molecule has 1 heterocycles. The van der Waals surface area contributed by atoms with Gasteiger partial charge in [0, 0.05) is 61.4 Å². The first-order valence-corrected chi connectivity index (χ1v) is 10.7. The summed E-state index contributed by atoms with van der Waals surface area (Å²) < 4.78 is 27.6. The number of nitrogens with zero attached hydrogens (tertiary/aromatic N) is 2. The average Bonchev–Trinajstić information content (AvgIpc) is 2.85. The summed E-state index contributed by atoms with van der Waals surface area (Å²) in [5, 5.41) is 5.27. The largest absolute Gasteiger partial charge is 0.398 e. The van der Waals surface area contributed by atoms with E-state index in [-0.39, 0.29) is 29.6 Å². The third-order valence-electron chi connectivity index (χ3n) is 5.08. The van der Waals surface area contributed by atoms with Crippen molar-refractivity contribution in [2.24, 2.45) is 10.7 Å². The predicted octanol–water partition coefficient (Wildman–Crippen LogP) is 3.59. The van der Waals surface area contributed by atoms with Crippen LogP contribution < -0.4 is 16.4 Å². The van der Waals surface area contributed by atoms with Gasteiger partial charge in [-0.1, -0.05) is 12.1 Å². The Bertz CT molecular complexity index is 1300. The Morgan fingerprint density at radius 1 is 1.14 bits per heavy atom. The van der Waals surface area contributed by atoms with Crippen molar-refractivity contribution in [1.82, 2.24) is 15.6 Å². The standard InChI is InChI=1S/C26H25F2N5O2/c1-16(34)32-14-19-15-33-25(21-7-6-20(27)11-23(21)28)12-22(19)24(29)8-9-31-13-17-4-3-5-18(10-17)26(35)30-2/h3-12,15H,13-14,29H2,1-2H3,(H,30,35)(H,32,34)/b24-8-,31-9?. The summed E-state index contributed by atoms with van der Waals surface area (Å²) in [6.07, 6.45) is 4.61. The Morgan fingerprint density at radius 3 is 2.66 bits per heavy atom. The van der Waals surface area contributed by atoms with Crippen molar-refractivity contribution in [2.45, 2.75) is 20.0 Å². The van der Waals surface area contributed by atoms with E-state index in [9.17, 15) is 18.4 Å². The molecule has 0 atom stereocenters. The third-order valence-corrected chi connectivity index (χ3v) is 5.08. The monoisotopic (exact) mass is 477 g/mol. The minimum atomic E-state index is -0.749. The smallest absolute Gasteiger partial charge is 0.251 e. The van der Waals surface area contributed by atoms with Gasteiger partial charge in [0.15, 0.2) is 0 Å². The van der Waals surface area contributed by atoms with Crippen LogP contribution in [0.2, 0.25) is 0 Å². The van der Waals surface area contributed by atoms with Crippen LogP contribution in [0.3, 0.4) is 0 Å². The highest BCUT2D eigenvalue weighted by Gasteiger charge is 2.13. The summed E-state index contributed by atoms with van der Waals surface area (Å²) in [6.45, 7) is 1.89. The zero-order chi connectivity index (χ0) is 25.4. The van der Waals surface area contributed by atoms with E-state index < -0.39 is 11.6 Å². The molecular formula is C26H25F2N5O2. The van der Waals surface area contributed by atoms with Crippen molar-refractivity contribution in [2.75, 3.05) is 7.05 Å². The number of aliphatic imine (C=N–C) groups is 1. The van der Waals surface area contributed by atoms with Gasteiger partial charge in [-0.3, -0.25) is 19.6 Å². The van der Waals surface area contributed by atoms with Crippen molar-refractivity contribution >= 4 is 23.7 Å². The third kappa shape index (κ3) is 6.80. The maximum Gasteiger partial charge on any atom is 0.251 e. The minimum Gasteiger partial charge on any atom is -0.398 e. The van der Waals surface area contributed by atoms with E-state index in [0.717, 1.165) is 17.7 Å². The number of allylic oxidation sites excluding steroid dienone is 1. The number of carbonyl (C=O) groups excluding carboxylic acids is 2. The second-order valence-electron chi connectivity index (χ2n) is 7.65. The van der Waals surface area contributed by atoms with Gasteiger partial charge in [-0.05, 0) is 47.5 Å². The van der Waals surface area contributed by atoms with Gasteiger partial charge in [-0.15, -0.1) is 0 Å². The Kier molecular flexibility index (Phi) is 8.39. The lowest BCUT2D eigenvalue weighted by Crippen LogP contribution is -2.20. The van der Waals surface area contributed by atoms with Crippen LogP contribution in [-0.4, -0.2) is 30.1 Å². The summed E-state index contributed by atoms with van der Waals surface area (Å²) in [5.74, 6) is -1.85. The Labute approximate surface area is 201 Å². The topological polar surface area (TPSA) is 109 Å². The van der Waals surface area contributed by atoms with Gasteiger partial charge < -0.3 is 16.4 Å². The number of benzene rings is 2. The summed E-state index contributed by atoms with van der Waals surface area (Å²) in [5.41, 5.74) is 9.53. The maximum atomic E-state index is 14.3. The fourth-order valence-electron chi connectivity index (χ4n) is 3.29. The molecule has 0 spiro atoms. The van der Waals surface area contributed by atoms with Gasteiger partial charge in [0.1, 0.15) is 11.6 Å². The first-order chi connectivity index (χ1) is 16.8. The highest BCUT2D eigenvalue weighted by Crippen LogP contribution is 2.25. The van der Waals surface area contributed by atoms with Crippen LogP contribution in [0, 0.1) is 11.6 Å². The molecule has 7 nitrogen and oxygen atoms in total. The summed E-state index contributed by atoms with van der Waals surface area (Å²) in [6, 6.07) is 11.9. The Hall–Kier alpha value is -4.40. The summed E-state index contributed by atoms with van der Waals surface area (Å²) >= 11 is 0. The molecule has 0 aliphatic heterocycles. The lowest BCUT2D eigenvalue weighted by molar-refractivity contribution is -0.119. The van der Waals surface area contributed by atoms with Crippen LogP contribution in [0.15, 0.2) is 65.8 Å². The molecule has 2 aromatic carbocycles. The van der Waals surface area contributed by atoms with Crippen molar-refractivity contribution < 1.29 is 18.4 Å². The van der Waals surface area contributed by atoms with Gasteiger partial charge in [0.2, 0.25) is 5.91 Å². The summed E-state index contributed by atoms with van der Waals surface area (Å²) in [4.78, 5) is 31.8. The number of nitrogens with one attached hydrogen (secondary N) is 2. The van der Waals surface area contributed by atoms with E-state index in [2.05, 4.69) is 20.6 Å². The van der Waals surface area contributed by atoms with Crippen LogP contribution in [0.4, 0.5) is 8.78 Å². The van der Waals surface area contributed by atoms with Crippen molar-refractivity contribution in [1.29, 1.82) is 0 Å². The molecule has 180 valence electrons. The number of hydrogen-bond donors (Lipinski definition) is 3. The van der Waals surface area contributed by atoms with Crippen molar-refractivity contribution in [3.63, 3.8) is 0 Å². The van der Waals surface area contributed by atoms with Gasteiger partial charge in [0.25, 0.3) is 5.91 Å². The van der Waals surface area contributed by atoms with Crippen LogP contribution in [0.1, 0.15) is 34.0 Å². The minimum absolute atomic E-state index is 0.121. The molecule has 3 rings (SSSR count). The normalized spacial score (nSPS) is 11.5. The molecule has 0 aliphatic carbocycles. The lowest BCUT2D eigenvalue weighted by atomic mass is 10.0. The molecule has 0 radical (unpaired) electrons. The molecule has 4 N–H and O–H groups in total. The highest BCUT2D eigenvalue weighted by molar-refractivity contribution is 5.94. The number of pyridine rings is 1. The average molecular weight is 478 g/mol. The van der Waals surface area contributed by atoms with Crippen LogP contribution in [-0.2, 0) is 17.9 Å². The second kappa shape index (κ2) is 11.6. The molecule has 35 heavy (non-hydrogen) atoms. The van der Waals surface area contributed by atoms with Crippen molar-refractivity contribution in [3.05, 3.63) is 94.7 Å². The molecule has 0 aliphatic rings. The second-order valence-corrected chi connectivity index (χ2v) is 7.65. The molecule has 0 saturated heterocycles. The first-order valence-electron chi connectivity index (χ1n) is 10.7. The summed E-state index contributed by atoms with van der Waals surface area (Å²) in [7, 11) is 1.57. The SMILES string of the molecule is CNC(=O)c1cccc(CN=C/C=C(\N)c2cc(-c3ccc(F)cc3F)ncc2CNC(C)=O)c1. The maximum absolute atomic E-state index is 14.3. The van der Waals surface area contributed by atoms with E-state index in [0.29, 0.717) is 28.9 Å². The quantitative estimate of drug-likeness (QED) is 0.431. The lowest BCUT2D eigenvalue weighted by Gasteiger charge is -2.12. The van der Waals surface area contributed by atoms with Crippen molar-refractivity contribution in [3.8, 4) is 11.3 Å². The van der Waals surface area contributed by atoms with Gasteiger partial charge in [-0.25, -0.2) is 8.78 Å². The fourth-order valence-corrected chi connectivity index (χ4v) is 3.29. The molecule has 0 fully saturated rings. The van der Waals surface area contributed by atoms with E-state index in [1.165, 1.54) is 25.4 Å². The van der Waals surface area contributed by atoms with Crippen LogP contribution >= 0.6 is 0 Å². The molecule has 2 amide bonds. The Morgan fingerprint density at radius 2 is 1.94 bits per heavy atom. The fraction of sp³-hybridized carbons (Fsp3) is 0.154. The number of amides is 2.